The van der Waals surface area contributed by atoms with Crippen LogP contribution in [0.15, 0.2) is 12.1 Å². The minimum absolute atomic E-state index is 0.0593. The fourth-order valence-corrected chi connectivity index (χ4v) is 3.20. The van der Waals surface area contributed by atoms with E-state index in [1.54, 1.807) is 6.92 Å². The fraction of sp³-hybridized carbons (Fsp3) is 0.588. The highest BCUT2D eigenvalue weighted by molar-refractivity contribution is 5.91. The van der Waals surface area contributed by atoms with Crippen molar-refractivity contribution < 1.29 is 36.2 Å². The number of carbonyl (C=O) groups excluding carboxylic acids is 1. The van der Waals surface area contributed by atoms with E-state index in [9.17, 15) is 36.2 Å². The molecule has 1 atom stereocenters. The van der Waals surface area contributed by atoms with Crippen LogP contribution < -0.4 is 5.32 Å². The molecular weight excluding hydrogens is 406 g/mol. The van der Waals surface area contributed by atoms with Crippen LogP contribution in [0.25, 0.3) is 11.2 Å². The Morgan fingerprint density at radius 2 is 1.83 bits per heavy atom. The van der Waals surface area contributed by atoms with Crippen molar-refractivity contribution in [3.05, 3.63) is 17.8 Å². The Balaban J connectivity index is 2.01. The van der Waals surface area contributed by atoms with E-state index in [0.717, 1.165) is 18.6 Å². The molecule has 0 spiro atoms. The van der Waals surface area contributed by atoms with E-state index in [1.165, 1.54) is 4.57 Å². The van der Waals surface area contributed by atoms with Crippen molar-refractivity contribution in [1.82, 2.24) is 14.5 Å². The van der Waals surface area contributed by atoms with E-state index in [-0.39, 0.29) is 17.1 Å². The maximum atomic E-state index is 13.1. The van der Waals surface area contributed by atoms with E-state index in [2.05, 4.69) is 15.3 Å². The first-order valence-corrected chi connectivity index (χ1v) is 8.70. The molecule has 2 N–H and O–H groups in total. The van der Waals surface area contributed by atoms with E-state index in [0.29, 0.717) is 19.8 Å². The lowest BCUT2D eigenvalue weighted by Gasteiger charge is -2.40. The van der Waals surface area contributed by atoms with Gasteiger partial charge in [0, 0.05) is 5.54 Å². The van der Waals surface area contributed by atoms with Gasteiger partial charge in [0.1, 0.15) is 11.2 Å². The summed E-state index contributed by atoms with van der Waals surface area (Å²) < 4.78 is 79.0. The Hall–Kier alpha value is -2.37. The molecule has 2 aromatic heterocycles. The molecule has 1 aliphatic carbocycles. The lowest BCUT2D eigenvalue weighted by Crippen LogP contribution is -2.45. The van der Waals surface area contributed by atoms with Gasteiger partial charge in [-0.3, -0.25) is 14.7 Å². The molecule has 2 heterocycles. The first kappa shape index (κ1) is 21.3. The molecular formula is C17H18F6N4O2. The molecule has 2 aromatic rings. The lowest BCUT2D eigenvalue weighted by molar-refractivity contribution is -0.253. The normalized spacial score (nSPS) is 18.9. The zero-order valence-corrected chi connectivity index (χ0v) is 15.4. The number of carbonyl (C=O) groups is 1. The molecule has 3 rings (SSSR count). The number of halogens is 6. The van der Waals surface area contributed by atoms with Crippen molar-refractivity contribution in [2.24, 2.45) is 0 Å². The van der Waals surface area contributed by atoms with Gasteiger partial charge in [0.15, 0.2) is 11.2 Å². The summed E-state index contributed by atoms with van der Waals surface area (Å²) in [5, 5.41) is 11.7. The second-order valence-electron chi connectivity index (χ2n) is 7.65. The van der Waals surface area contributed by atoms with Gasteiger partial charge in [-0.2, -0.15) is 26.3 Å². The van der Waals surface area contributed by atoms with Crippen LogP contribution in [-0.4, -0.2) is 37.3 Å². The summed E-state index contributed by atoms with van der Waals surface area (Å²) in [6.45, 7) is 2.20. The Morgan fingerprint density at radius 3 is 2.31 bits per heavy atom. The number of pyridine rings is 1. The van der Waals surface area contributed by atoms with Gasteiger partial charge >= 0.3 is 12.4 Å². The highest BCUT2D eigenvalue weighted by Gasteiger charge is 2.51. The summed E-state index contributed by atoms with van der Waals surface area (Å²) in [4.78, 5) is 19.8. The maximum absolute atomic E-state index is 13.1. The van der Waals surface area contributed by atoms with Crippen LogP contribution in [0.3, 0.4) is 0 Å². The molecule has 6 nitrogen and oxygen atoms in total. The molecule has 0 aromatic carbocycles. The van der Waals surface area contributed by atoms with Gasteiger partial charge in [0.2, 0.25) is 11.9 Å². The van der Waals surface area contributed by atoms with Crippen LogP contribution in [0.1, 0.15) is 45.2 Å². The molecule has 160 valence electrons. The monoisotopic (exact) mass is 424 g/mol. The van der Waals surface area contributed by atoms with Crippen LogP contribution in [0.4, 0.5) is 32.3 Å². The summed E-state index contributed by atoms with van der Waals surface area (Å²) in [7, 11) is 0. The molecule has 12 heteroatoms. The first-order valence-electron chi connectivity index (χ1n) is 8.70. The number of rotatable bonds is 4. The number of hydrogen-bond acceptors (Lipinski definition) is 4. The van der Waals surface area contributed by atoms with Gasteiger partial charge in [0.05, 0.1) is 6.42 Å². The third-order valence-electron chi connectivity index (χ3n) is 5.13. The van der Waals surface area contributed by atoms with E-state index < -0.39 is 41.5 Å². The zero-order chi connectivity index (χ0) is 21.8. The second kappa shape index (κ2) is 6.57. The number of amides is 1. The summed E-state index contributed by atoms with van der Waals surface area (Å²) in [6, 6.07) is 1.83. The number of aromatic nitrogens is 3. The summed E-state index contributed by atoms with van der Waals surface area (Å²) in [5.74, 6) is -1.39. The number of nitrogens with one attached hydrogen (secondary N) is 1. The largest absolute Gasteiger partial charge is 0.433 e. The predicted molar refractivity (Wildman–Crippen MR) is 90.0 cm³/mol. The fourth-order valence-electron chi connectivity index (χ4n) is 3.20. The van der Waals surface area contributed by atoms with Crippen molar-refractivity contribution >= 4 is 23.0 Å². The van der Waals surface area contributed by atoms with Crippen LogP contribution in [0, 0.1) is 0 Å². The molecule has 1 fully saturated rings. The van der Waals surface area contributed by atoms with Crippen molar-refractivity contribution in [2.45, 2.75) is 63.0 Å². The van der Waals surface area contributed by atoms with Crippen LogP contribution >= 0.6 is 0 Å². The average molecular weight is 424 g/mol. The van der Waals surface area contributed by atoms with Crippen LogP contribution in [-0.2, 0) is 16.5 Å². The van der Waals surface area contributed by atoms with Crippen molar-refractivity contribution in [2.75, 3.05) is 5.32 Å². The lowest BCUT2D eigenvalue weighted by atomic mass is 9.78. The standard InChI is InChI=1S/C17H18F6N4O2/c1-14(6-3-7-14)27-12-9(4-5-10(25-12)16(18,19)20)24-13(27)26-11(28)8-15(2,29)17(21,22)23/h4-5,29H,3,6-8H2,1-2H3,(H,24,26,28)/t15-/m1/s1. The van der Waals surface area contributed by atoms with Gasteiger partial charge in [-0.25, -0.2) is 9.97 Å². The number of imidazole rings is 1. The van der Waals surface area contributed by atoms with E-state index >= 15 is 0 Å². The first-order chi connectivity index (χ1) is 13.1. The second-order valence-corrected chi connectivity index (χ2v) is 7.65. The highest BCUT2D eigenvalue weighted by atomic mass is 19.4. The van der Waals surface area contributed by atoms with Gasteiger partial charge in [-0.15, -0.1) is 0 Å². The predicted octanol–water partition coefficient (Wildman–Crippen LogP) is 3.99. The smallest absolute Gasteiger partial charge is 0.380 e. The number of aliphatic hydroxyl groups is 1. The Morgan fingerprint density at radius 1 is 1.21 bits per heavy atom. The van der Waals surface area contributed by atoms with Crippen molar-refractivity contribution in [3.63, 3.8) is 0 Å². The SMILES string of the molecule is CC1(n2c(NC(=O)C[C@@](C)(O)C(F)(F)F)nc3ccc(C(F)(F)F)nc32)CCC1. The van der Waals surface area contributed by atoms with Gasteiger partial charge in [-0.05, 0) is 45.2 Å². The number of anilines is 1. The third kappa shape index (κ3) is 3.89. The molecule has 1 amide bonds. The van der Waals surface area contributed by atoms with Crippen molar-refractivity contribution in [1.29, 1.82) is 0 Å². The molecule has 0 saturated heterocycles. The quantitative estimate of drug-likeness (QED) is 0.728. The Labute approximate surface area is 160 Å². The van der Waals surface area contributed by atoms with Gasteiger partial charge < -0.3 is 5.11 Å². The topological polar surface area (TPSA) is 80.0 Å². The minimum Gasteiger partial charge on any atom is -0.380 e. The van der Waals surface area contributed by atoms with Gasteiger partial charge in [0.25, 0.3) is 0 Å². The van der Waals surface area contributed by atoms with Crippen LogP contribution in [0.5, 0.6) is 0 Å². The van der Waals surface area contributed by atoms with Crippen LogP contribution in [0.2, 0.25) is 0 Å². The number of nitrogens with zero attached hydrogens (tertiary/aromatic N) is 3. The molecule has 0 radical (unpaired) electrons. The molecule has 0 bridgehead atoms. The maximum Gasteiger partial charge on any atom is 0.433 e. The number of hydrogen-bond donors (Lipinski definition) is 2. The molecule has 1 aliphatic rings. The highest BCUT2D eigenvalue weighted by Crippen LogP contribution is 2.43. The van der Waals surface area contributed by atoms with Crippen molar-refractivity contribution in [3.8, 4) is 0 Å². The molecule has 0 aliphatic heterocycles. The molecule has 0 unspecified atom stereocenters. The molecule has 1 saturated carbocycles. The molecule has 29 heavy (non-hydrogen) atoms. The zero-order valence-electron chi connectivity index (χ0n) is 15.4. The average Bonchev–Trinajstić information content (AvgIpc) is 2.87. The Kier molecular flexibility index (Phi) is 4.84. The van der Waals surface area contributed by atoms with E-state index in [4.69, 9.17) is 0 Å². The van der Waals surface area contributed by atoms with E-state index in [1.807, 2.05) is 0 Å². The minimum atomic E-state index is -5.03. The van der Waals surface area contributed by atoms with Gasteiger partial charge in [-0.1, -0.05) is 0 Å². The summed E-state index contributed by atoms with van der Waals surface area (Å²) in [6.07, 6.45) is -9.10. The Bertz CT molecular complexity index is 944. The third-order valence-corrected chi connectivity index (χ3v) is 5.13. The number of alkyl halides is 6. The summed E-state index contributed by atoms with van der Waals surface area (Å²) in [5.41, 5.74) is -5.17. The summed E-state index contributed by atoms with van der Waals surface area (Å²) >= 11 is 0. The number of fused-ring (bicyclic) bond motifs is 1.